The first-order valence-electron chi connectivity index (χ1n) is 6.54. The molecule has 0 aromatic carbocycles. The first-order valence-corrected chi connectivity index (χ1v) is 6.54. The number of rotatable bonds is 4. The van der Waals surface area contributed by atoms with Gasteiger partial charge in [-0.25, -0.2) is 9.98 Å². The van der Waals surface area contributed by atoms with Crippen LogP contribution in [0.1, 0.15) is 40.5 Å². The Bertz CT molecular complexity index is 315. The third-order valence-corrected chi connectivity index (χ3v) is 3.62. The van der Waals surface area contributed by atoms with E-state index in [0.29, 0.717) is 13.2 Å². The lowest BCUT2D eigenvalue weighted by Crippen LogP contribution is -2.39. The van der Waals surface area contributed by atoms with Crippen molar-refractivity contribution in [2.45, 2.75) is 52.6 Å². The van der Waals surface area contributed by atoms with Crippen molar-refractivity contribution in [1.82, 2.24) is 0 Å². The topological polar surface area (TPSA) is 43.2 Å². The van der Waals surface area contributed by atoms with Crippen LogP contribution in [-0.2, 0) is 9.47 Å². The van der Waals surface area contributed by atoms with E-state index in [1.54, 1.807) is 0 Å². The van der Waals surface area contributed by atoms with Gasteiger partial charge in [0, 0.05) is 0 Å². The Kier molecular flexibility index (Phi) is 3.40. The largest absolute Gasteiger partial charge is 0.478 e. The van der Waals surface area contributed by atoms with Crippen LogP contribution in [-0.4, -0.2) is 37.1 Å². The molecule has 0 unspecified atom stereocenters. The lowest BCUT2D eigenvalue weighted by atomic mass is 9.81. The van der Waals surface area contributed by atoms with Crippen LogP contribution in [0.2, 0.25) is 0 Å². The molecule has 2 aliphatic heterocycles. The highest BCUT2D eigenvalue weighted by Gasteiger charge is 2.45. The van der Waals surface area contributed by atoms with Crippen LogP contribution in [0, 0.1) is 5.41 Å². The minimum Gasteiger partial charge on any atom is -0.478 e. The van der Waals surface area contributed by atoms with E-state index in [1.807, 2.05) is 0 Å². The van der Waals surface area contributed by atoms with Crippen LogP contribution >= 0.6 is 0 Å². The van der Waals surface area contributed by atoms with E-state index in [-0.39, 0.29) is 17.5 Å². The predicted molar refractivity (Wildman–Crippen MR) is 68.7 cm³/mol. The first kappa shape index (κ1) is 12.4. The molecule has 0 bridgehead atoms. The molecule has 2 heterocycles. The summed E-state index contributed by atoms with van der Waals surface area (Å²) in [7, 11) is 0. The summed E-state index contributed by atoms with van der Waals surface area (Å²) in [5, 5.41) is 0. The van der Waals surface area contributed by atoms with Crippen LogP contribution in [0.15, 0.2) is 9.98 Å². The second-order valence-corrected chi connectivity index (χ2v) is 4.98. The molecule has 96 valence electrons. The summed E-state index contributed by atoms with van der Waals surface area (Å²) in [5.41, 5.74) is -0.241. The van der Waals surface area contributed by atoms with Gasteiger partial charge < -0.3 is 9.47 Å². The Morgan fingerprint density at radius 2 is 1.41 bits per heavy atom. The molecule has 17 heavy (non-hydrogen) atoms. The third kappa shape index (κ3) is 2.05. The standard InChI is InChI=1S/C13H22N2O2/c1-5-13(6-2,11-14-9(3)7-16-11)12-15-10(4)8-17-12/h9-10H,5-8H2,1-4H3/t9-,10-/m0/s1. The van der Waals surface area contributed by atoms with Gasteiger partial charge in [-0.1, -0.05) is 13.8 Å². The maximum absolute atomic E-state index is 5.75. The maximum atomic E-state index is 5.75. The highest BCUT2D eigenvalue weighted by atomic mass is 16.5. The van der Waals surface area contributed by atoms with Gasteiger partial charge in [0.15, 0.2) is 11.8 Å². The third-order valence-electron chi connectivity index (χ3n) is 3.62. The highest BCUT2D eigenvalue weighted by Crippen LogP contribution is 2.36. The Labute approximate surface area is 103 Å². The summed E-state index contributed by atoms with van der Waals surface area (Å²) in [6, 6.07) is 0.504. The lowest BCUT2D eigenvalue weighted by molar-refractivity contribution is 0.247. The molecule has 0 aromatic rings. The van der Waals surface area contributed by atoms with Gasteiger partial charge >= 0.3 is 0 Å². The van der Waals surface area contributed by atoms with Crippen molar-refractivity contribution in [2.75, 3.05) is 13.2 Å². The molecular formula is C13H22N2O2. The number of ether oxygens (including phenoxy) is 2. The fraction of sp³-hybridized carbons (Fsp3) is 0.846. The second kappa shape index (κ2) is 4.67. The zero-order valence-electron chi connectivity index (χ0n) is 11.2. The molecular weight excluding hydrogens is 216 g/mol. The van der Waals surface area contributed by atoms with E-state index in [9.17, 15) is 0 Å². The average Bonchev–Trinajstić information content (AvgIpc) is 2.92. The van der Waals surface area contributed by atoms with Gasteiger partial charge in [-0.2, -0.15) is 0 Å². The Hall–Kier alpha value is -1.06. The van der Waals surface area contributed by atoms with E-state index in [0.717, 1.165) is 24.6 Å². The van der Waals surface area contributed by atoms with Gasteiger partial charge in [0.05, 0.1) is 12.1 Å². The summed E-state index contributed by atoms with van der Waals surface area (Å²) < 4.78 is 11.5. The molecule has 0 amide bonds. The average molecular weight is 238 g/mol. The van der Waals surface area contributed by atoms with Gasteiger partial charge in [-0.15, -0.1) is 0 Å². The second-order valence-electron chi connectivity index (χ2n) is 4.98. The van der Waals surface area contributed by atoms with Crippen LogP contribution in [0.4, 0.5) is 0 Å². The minimum absolute atomic E-state index is 0.241. The van der Waals surface area contributed by atoms with Crippen LogP contribution < -0.4 is 0 Å². The monoisotopic (exact) mass is 238 g/mol. The molecule has 2 atom stereocenters. The molecule has 0 aromatic heterocycles. The van der Waals surface area contributed by atoms with Crippen molar-refractivity contribution in [1.29, 1.82) is 0 Å². The number of aliphatic imine (C=N–C) groups is 2. The fourth-order valence-electron chi connectivity index (χ4n) is 2.42. The van der Waals surface area contributed by atoms with E-state index < -0.39 is 0 Å². The number of hydrogen-bond acceptors (Lipinski definition) is 4. The summed E-state index contributed by atoms with van der Waals surface area (Å²) in [4.78, 5) is 9.21. The van der Waals surface area contributed by atoms with E-state index in [4.69, 9.17) is 9.47 Å². The summed E-state index contributed by atoms with van der Waals surface area (Å²) in [5.74, 6) is 1.64. The zero-order chi connectivity index (χ0) is 12.5. The quantitative estimate of drug-likeness (QED) is 0.755. The molecule has 4 nitrogen and oxygen atoms in total. The first-order chi connectivity index (χ1) is 8.12. The van der Waals surface area contributed by atoms with Crippen LogP contribution in [0.25, 0.3) is 0 Å². The van der Waals surface area contributed by atoms with E-state index >= 15 is 0 Å². The molecule has 0 aliphatic carbocycles. The molecule has 2 rings (SSSR count). The molecule has 0 N–H and O–H groups in total. The van der Waals surface area contributed by atoms with Gasteiger partial charge in [0.2, 0.25) is 0 Å². The molecule has 0 spiro atoms. The summed E-state index contributed by atoms with van der Waals surface area (Å²) in [6.45, 7) is 9.80. The Balaban J connectivity index is 2.32. The van der Waals surface area contributed by atoms with Gasteiger partial charge in [0.25, 0.3) is 0 Å². The molecule has 4 heteroatoms. The molecule has 0 saturated heterocycles. The van der Waals surface area contributed by atoms with Crippen molar-refractivity contribution in [3.05, 3.63) is 0 Å². The lowest BCUT2D eigenvalue weighted by Gasteiger charge is -2.29. The van der Waals surface area contributed by atoms with Crippen LogP contribution in [0.3, 0.4) is 0 Å². The van der Waals surface area contributed by atoms with Gasteiger partial charge in [-0.3, -0.25) is 0 Å². The van der Waals surface area contributed by atoms with Crippen LogP contribution in [0.5, 0.6) is 0 Å². The molecule has 0 saturated carbocycles. The van der Waals surface area contributed by atoms with E-state index in [1.165, 1.54) is 0 Å². The van der Waals surface area contributed by atoms with Crippen molar-refractivity contribution < 1.29 is 9.47 Å². The molecule has 0 fully saturated rings. The SMILES string of the molecule is CCC(CC)(C1=N[C@@H](C)CO1)C1=N[C@@H](C)CO1. The highest BCUT2D eigenvalue weighted by molar-refractivity contribution is 6.06. The van der Waals surface area contributed by atoms with Gasteiger partial charge in [0.1, 0.15) is 18.6 Å². The minimum atomic E-state index is -0.241. The summed E-state index contributed by atoms with van der Waals surface area (Å²) >= 11 is 0. The van der Waals surface area contributed by atoms with Gasteiger partial charge in [-0.05, 0) is 26.7 Å². The normalized spacial score (nSPS) is 28.5. The Morgan fingerprint density at radius 1 is 1.00 bits per heavy atom. The number of nitrogens with zero attached hydrogens (tertiary/aromatic N) is 2. The maximum Gasteiger partial charge on any atom is 0.199 e. The van der Waals surface area contributed by atoms with Crippen molar-refractivity contribution in [2.24, 2.45) is 15.4 Å². The number of hydrogen-bond donors (Lipinski definition) is 0. The van der Waals surface area contributed by atoms with E-state index in [2.05, 4.69) is 37.7 Å². The predicted octanol–water partition coefficient (Wildman–Crippen LogP) is 2.43. The van der Waals surface area contributed by atoms with Crippen molar-refractivity contribution >= 4 is 11.8 Å². The zero-order valence-corrected chi connectivity index (χ0v) is 11.2. The smallest absolute Gasteiger partial charge is 0.199 e. The summed E-state index contributed by atoms with van der Waals surface area (Å²) in [6.07, 6.45) is 1.83. The molecule has 2 aliphatic rings. The Morgan fingerprint density at radius 3 is 1.65 bits per heavy atom. The van der Waals surface area contributed by atoms with Crippen molar-refractivity contribution in [3.63, 3.8) is 0 Å². The molecule has 0 radical (unpaired) electrons. The fourth-order valence-corrected chi connectivity index (χ4v) is 2.42. The van der Waals surface area contributed by atoms with Crippen molar-refractivity contribution in [3.8, 4) is 0 Å².